The lowest BCUT2D eigenvalue weighted by Gasteiger charge is -2.13. The van der Waals surface area contributed by atoms with Gasteiger partial charge in [0, 0.05) is 11.8 Å². The highest BCUT2D eigenvalue weighted by Crippen LogP contribution is 2.10. The molecule has 1 aromatic heterocycles. The molecule has 0 aliphatic heterocycles. The highest BCUT2D eigenvalue weighted by atomic mass is 16.5. The number of amides is 1. The third kappa shape index (κ3) is 4.07. The van der Waals surface area contributed by atoms with Gasteiger partial charge < -0.3 is 10.1 Å². The van der Waals surface area contributed by atoms with Crippen molar-refractivity contribution in [2.75, 3.05) is 11.9 Å². The van der Waals surface area contributed by atoms with Crippen molar-refractivity contribution in [1.82, 2.24) is 9.78 Å². The lowest BCUT2D eigenvalue weighted by Crippen LogP contribution is -2.32. The van der Waals surface area contributed by atoms with Crippen molar-refractivity contribution in [1.29, 1.82) is 0 Å². The number of carbonyl (C=O) groups excluding carboxylic acids is 2. The van der Waals surface area contributed by atoms with Crippen LogP contribution in [-0.2, 0) is 9.53 Å². The predicted octanol–water partition coefficient (Wildman–Crippen LogP) is 1.93. The minimum atomic E-state index is -0.912. The second kappa shape index (κ2) is 7.54. The number of aromatic nitrogens is 2. The molecule has 0 saturated carbocycles. The molecular weight excluding hydrogens is 310 g/mol. The van der Waals surface area contributed by atoms with Crippen LogP contribution in [0.25, 0.3) is 0 Å². The number of benzene rings is 1. The van der Waals surface area contributed by atoms with Crippen LogP contribution in [0.15, 0.2) is 41.2 Å². The van der Waals surface area contributed by atoms with E-state index in [0.29, 0.717) is 5.69 Å². The fourth-order valence-corrected chi connectivity index (χ4v) is 2.02. The largest absolute Gasteiger partial charge is 0.464 e. The lowest BCUT2D eigenvalue weighted by molar-refractivity contribution is -0.147. The van der Waals surface area contributed by atoms with Gasteiger partial charge in [-0.3, -0.25) is 9.59 Å². The Morgan fingerprint density at radius 1 is 1.21 bits per heavy atom. The maximum atomic E-state index is 12.3. The molecule has 0 radical (unpaired) electrons. The normalized spacial score (nSPS) is 11.6. The van der Waals surface area contributed by atoms with Crippen LogP contribution in [0.4, 0.5) is 5.69 Å². The molecular formula is C17H19N3O4. The number of ether oxygens (including phenoxy) is 1. The molecule has 2 rings (SSSR count). The predicted molar refractivity (Wildman–Crippen MR) is 89.0 cm³/mol. The zero-order valence-electron chi connectivity index (χ0n) is 13.8. The van der Waals surface area contributed by atoms with Crippen LogP contribution in [0, 0.1) is 6.92 Å². The Kier molecular flexibility index (Phi) is 5.47. The lowest BCUT2D eigenvalue weighted by atomic mass is 10.2. The number of esters is 1. The molecule has 0 bridgehead atoms. The van der Waals surface area contributed by atoms with E-state index in [9.17, 15) is 14.4 Å². The van der Waals surface area contributed by atoms with E-state index in [-0.39, 0.29) is 12.3 Å². The highest BCUT2D eigenvalue weighted by molar-refractivity contribution is 6.02. The van der Waals surface area contributed by atoms with Crippen molar-refractivity contribution in [2.45, 2.75) is 26.8 Å². The Balaban J connectivity index is 2.23. The van der Waals surface area contributed by atoms with Crippen LogP contribution < -0.4 is 10.9 Å². The first-order valence-electron chi connectivity index (χ1n) is 7.57. The molecule has 126 valence electrons. The molecule has 0 aliphatic carbocycles. The maximum Gasteiger partial charge on any atom is 0.330 e. The number of nitrogens with zero attached hydrogens (tertiary/aromatic N) is 2. The highest BCUT2D eigenvalue weighted by Gasteiger charge is 2.20. The van der Waals surface area contributed by atoms with E-state index in [4.69, 9.17) is 4.74 Å². The Labute approximate surface area is 139 Å². The number of rotatable bonds is 5. The molecule has 24 heavy (non-hydrogen) atoms. The second-order valence-corrected chi connectivity index (χ2v) is 5.25. The van der Waals surface area contributed by atoms with Gasteiger partial charge in [0.1, 0.15) is 5.69 Å². The standard InChI is InChI=1S/C17H19N3O4/c1-4-24-17(23)12(3)20-15(21)10-9-14(19-20)16(22)18-13-7-5-11(2)6-8-13/h5-10,12H,4H2,1-3H3,(H,18,22). The van der Waals surface area contributed by atoms with E-state index in [2.05, 4.69) is 10.4 Å². The van der Waals surface area contributed by atoms with E-state index in [1.807, 2.05) is 19.1 Å². The summed E-state index contributed by atoms with van der Waals surface area (Å²) in [5.74, 6) is -1.05. The van der Waals surface area contributed by atoms with Crippen molar-refractivity contribution >= 4 is 17.6 Å². The summed E-state index contributed by atoms with van der Waals surface area (Å²) in [5.41, 5.74) is 1.24. The van der Waals surface area contributed by atoms with Gasteiger partial charge in [-0.25, -0.2) is 9.48 Å². The number of hydrogen-bond donors (Lipinski definition) is 1. The van der Waals surface area contributed by atoms with Gasteiger partial charge in [-0.1, -0.05) is 17.7 Å². The first-order chi connectivity index (χ1) is 11.4. The minimum absolute atomic E-state index is 0.0336. The van der Waals surface area contributed by atoms with Crippen LogP contribution in [-0.4, -0.2) is 28.3 Å². The molecule has 1 N–H and O–H groups in total. The zero-order valence-corrected chi connectivity index (χ0v) is 13.8. The van der Waals surface area contributed by atoms with Crippen molar-refractivity contribution in [3.8, 4) is 0 Å². The van der Waals surface area contributed by atoms with Crippen molar-refractivity contribution in [2.24, 2.45) is 0 Å². The molecule has 0 spiro atoms. The van der Waals surface area contributed by atoms with Crippen molar-refractivity contribution < 1.29 is 14.3 Å². The van der Waals surface area contributed by atoms with Gasteiger partial charge in [-0.05, 0) is 39.0 Å². The molecule has 1 amide bonds. The molecule has 1 unspecified atom stereocenters. The summed E-state index contributed by atoms with van der Waals surface area (Å²) in [7, 11) is 0. The number of nitrogens with one attached hydrogen (secondary N) is 1. The van der Waals surface area contributed by atoms with E-state index >= 15 is 0 Å². The Morgan fingerprint density at radius 3 is 2.50 bits per heavy atom. The van der Waals surface area contributed by atoms with Gasteiger partial charge >= 0.3 is 5.97 Å². The molecule has 0 saturated heterocycles. The smallest absolute Gasteiger partial charge is 0.330 e. The van der Waals surface area contributed by atoms with Gasteiger partial charge in [0.05, 0.1) is 6.61 Å². The topological polar surface area (TPSA) is 90.3 Å². The number of hydrogen-bond acceptors (Lipinski definition) is 5. The molecule has 1 atom stereocenters. The quantitative estimate of drug-likeness (QED) is 0.847. The van der Waals surface area contributed by atoms with Crippen LogP contribution in [0.5, 0.6) is 0 Å². The Hall–Kier alpha value is -2.96. The summed E-state index contributed by atoms with van der Waals surface area (Å²) in [6, 6.07) is 8.88. The summed E-state index contributed by atoms with van der Waals surface area (Å²) in [5, 5.41) is 6.67. The van der Waals surface area contributed by atoms with E-state index in [1.165, 1.54) is 19.1 Å². The number of carbonyl (C=O) groups is 2. The van der Waals surface area contributed by atoms with E-state index < -0.39 is 23.5 Å². The summed E-state index contributed by atoms with van der Waals surface area (Å²) in [4.78, 5) is 36.0. The van der Waals surface area contributed by atoms with Crippen LogP contribution in [0.1, 0.15) is 35.9 Å². The minimum Gasteiger partial charge on any atom is -0.464 e. The first kappa shape index (κ1) is 17.4. The van der Waals surface area contributed by atoms with Gasteiger partial charge in [-0.15, -0.1) is 0 Å². The Morgan fingerprint density at radius 2 is 1.88 bits per heavy atom. The van der Waals surface area contributed by atoms with Crippen LogP contribution >= 0.6 is 0 Å². The summed E-state index contributed by atoms with van der Waals surface area (Å²) < 4.78 is 5.83. The molecule has 7 nitrogen and oxygen atoms in total. The first-order valence-corrected chi connectivity index (χ1v) is 7.57. The van der Waals surface area contributed by atoms with Crippen LogP contribution in [0.2, 0.25) is 0 Å². The van der Waals surface area contributed by atoms with Gasteiger partial charge in [0.15, 0.2) is 6.04 Å². The van der Waals surface area contributed by atoms with Gasteiger partial charge in [0.25, 0.3) is 11.5 Å². The van der Waals surface area contributed by atoms with Crippen LogP contribution in [0.3, 0.4) is 0 Å². The molecule has 1 aromatic carbocycles. The number of anilines is 1. The second-order valence-electron chi connectivity index (χ2n) is 5.25. The van der Waals surface area contributed by atoms with Gasteiger partial charge in [-0.2, -0.15) is 5.10 Å². The maximum absolute atomic E-state index is 12.3. The van der Waals surface area contributed by atoms with Crippen molar-refractivity contribution in [3.63, 3.8) is 0 Å². The monoisotopic (exact) mass is 329 g/mol. The average molecular weight is 329 g/mol. The summed E-state index contributed by atoms with van der Waals surface area (Å²) in [6.07, 6.45) is 0. The third-order valence-corrected chi connectivity index (χ3v) is 3.36. The third-order valence-electron chi connectivity index (χ3n) is 3.36. The SMILES string of the molecule is CCOC(=O)C(C)n1nc(C(=O)Nc2ccc(C)cc2)ccc1=O. The number of aryl methyl sites for hydroxylation is 1. The van der Waals surface area contributed by atoms with Crippen molar-refractivity contribution in [3.05, 3.63) is 58.0 Å². The average Bonchev–Trinajstić information content (AvgIpc) is 2.57. The zero-order chi connectivity index (χ0) is 17.7. The molecule has 1 heterocycles. The molecule has 7 heteroatoms. The van der Waals surface area contributed by atoms with E-state index in [1.54, 1.807) is 19.1 Å². The molecule has 0 aliphatic rings. The fraction of sp³-hybridized carbons (Fsp3) is 0.294. The fourth-order valence-electron chi connectivity index (χ4n) is 2.02. The summed E-state index contributed by atoms with van der Waals surface area (Å²) in [6.45, 7) is 5.31. The molecule has 2 aromatic rings. The van der Waals surface area contributed by atoms with Gasteiger partial charge in [0.2, 0.25) is 0 Å². The Bertz CT molecular complexity index is 796. The molecule has 0 fully saturated rings. The van der Waals surface area contributed by atoms with E-state index in [0.717, 1.165) is 10.2 Å². The summed E-state index contributed by atoms with van der Waals surface area (Å²) >= 11 is 0.